The smallest absolute Gasteiger partial charge is 0.303 e. The number of hydrogen-bond donors (Lipinski definition) is 1. The molecule has 0 atom stereocenters. The van der Waals surface area contributed by atoms with Crippen molar-refractivity contribution in [2.75, 3.05) is 6.61 Å². The molecule has 6 heteroatoms. The van der Waals surface area contributed by atoms with Crippen LogP contribution in [0, 0.1) is 0 Å². The lowest BCUT2D eigenvalue weighted by molar-refractivity contribution is -0.137. The summed E-state index contributed by atoms with van der Waals surface area (Å²) in [6.45, 7) is -1.79. The topological polar surface area (TPSA) is 66.8 Å². The molecule has 1 N–H and O–H groups in total. The number of amides is 1. The minimum atomic E-state index is -2.18. The lowest BCUT2D eigenvalue weighted by atomic mass is 10.1. The Morgan fingerprint density at radius 2 is 1.62 bits per heavy atom. The zero-order chi connectivity index (χ0) is 27.7. The van der Waals surface area contributed by atoms with Crippen molar-refractivity contribution >= 4 is 23.2 Å². The van der Waals surface area contributed by atoms with E-state index < -0.39 is 18.4 Å². The molecule has 0 aliphatic carbocycles. The highest BCUT2D eigenvalue weighted by atomic mass is 32.1. The molecule has 0 unspecified atom stereocenters. The molecule has 5 nitrogen and oxygen atoms in total. The number of carboxylic acids is 1. The van der Waals surface area contributed by atoms with E-state index in [0.29, 0.717) is 37.2 Å². The summed E-state index contributed by atoms with van der Waals surface area (Å²) in [6.07, 6.45) is 2.02. The molecule has 1 heterocycles. The van der Waals surface area contributed by atoms with Gasteiger partial charge in [-0.15, -0.1) is 11.3 Å². The van der Waals surface area contributed by atoms with Crippen LogP contribution in [0.15, 0.2) is 96.4 Å². The molecule has 3 aromatic carbocycles. The summed E-state index contributed by atoms with van der Waals surface area (Å²) < 4.78 is 24.3. The van der Waals surface area contributed by atoms with Crippen molar-refractivity contribution in [3.05, 3.63) is 113 Å². The second kappa shape index (κ2) is 13.4. The summed E-state index contributed by atoms with van der Waals surface area (Å²) in [5.74, 6) is -0.886. The molecule has 4 rings (SSSR count). The molecule has 0 aliphatic heterocycles. The maximum Gasteiger partial charge on any atom is 0.303 e. The Hall–Kier alpha value is -3.90. The van der Waals surface area contributed by atoms with Crippen molar-refractivity contribution < 1.29 is 22.2 Å². The van der Waals surface area contributed by atoms with Gasteiger partial charge in [-0.1, -0.05) is 66.7 Å². The number of carbonyl (C=O) groups excluding carboxylic acids is 1. The number of para-hydroxylation sites is 1. The van der Waals surface area contributed by atoms with Gasteiger partial charge >= 0.3 is 5.97 Å². The average molecular weight is 516 g/mol. The van der Waals surface area contributed by atoms with Gasteiger partial charge in [0.2, 0.25) is 0 Å². The Labute approximate surface area is 224 Å². The normalized spacial score (nSPS) is 11.9. The highest BCUT2D eigenvalue weighted by Crippen LogP contribution is 2.26. The van der Waals surface area contributed by atoms with Crippen LogP contribution in [0.2, 0.25) is 0 Å². The lowest BCUT2D eigenvalue weighted by Crippen LogP contribution is -2.30. The van der Waals surface area contributed by atoms with Gasteiger partial charge in [0.05, 0.1) is 9.35 Å². The minimum absolute atomic E-state index is 0.0723. The van der Waals surface area contributed by atoms with Gasteiger partial charge in [0.15, 0.2) is 0 Å². The second-order valence-corrected chi connectivity index (χ2v) is 9.54. The molecule has 0 fully saturated rings. The average Bonchev–Trinajstić information content (AvgIpc) is 3.49. The molecule has 0 radical (unpaired) electrons. The van der Waals surface area contributed by atoms with E-state index in [2.05, 4.69) is 0 Å². The molecule has 0 saturated heterocycles. The van der Waals surface area contributed by atoms with E-state index in [1.54, 1.807) is 47.7 Å². The van der Waals surface area contributed by atoms with Crippen LogP contribution in [0.25, 0.3) is 10.4 Å². The maximum absolute atomic E-state index is 13.9. The predicted molar refractivity (Wildman–Crippen MR) is 148 cm³/mol. The van der Waals surface area contributed by atoms with Gasteiger partial charge in [-0.3, -0.25) is 9.59 Å². The van der Waals surface area contributed by atoms with Crippen LogP contribution in [0.3, 0.4) is 0 Å². The molecule has 0 spiro atoms. The fourth-order valence-electron chi connectivity index (χ4n) is 3.87. The SMILES string of the molecule is [2H]C([2H])(c1ccccc1OCCCCCC(=O)O)N(Cc1ccccc1)C(=O)c1ccc(-c2cccs2)cc1. The van der Waals surface area contributed by atoms with Crippen molar-refractivity contribution in [2.24, 2.45) is 0 Å². The van der Waals surface area contributed by atoms with E-state index in [0.717, 1.165) is 16.0 Å². The zero-order valence-corrected chi connectivity index (χ0v) is 21.3. The summed E-state index contributed by atoms with van der Waals surface area (Å²) in [5.41, 5.74) is 2.46. The summed E-state index contributed by atoms with van der Waals surface area (Å²) in [7, 11) is 0. The first-order valence-electron chi connectivity index (χ1n) is 13.3. The standard InChI is InChI=1S/C31H31NO4S/c33-30(34)15-5-2-8-20-36-28-13-7-6-12-27(28)23-32(22-24-10-3-1-4-11-24)31(35)26-18-16-25(17-19-26)29-14-9-21-37-29/h1,3-4,6-7,9-14,16-19,21H,2,5,8,15,20,22-23H2,(H,33,34)/i23D2. The van der Waals surface area contributed by atoms with Gasteiger partial charge in [-0.05, 0) is 60.0 Å². The van der Waals surface area contributed by atoms with Gasteiger partial charge in [-0.2, -0.15) is 0 Å². The van der Waals surface area contributed by atoms with E-state index in [9.17, 15) is 12.3 Å². The molecule has 0 saturated carbocycles. The Bertz CT molecular complexity index is 1360. The Morgan fingerprint density at radius 3 is 2.35 bits per heavy atom. The molecular weight excluding hydrogens is 482 g/mol. The number of carboxylic acid groups (broad SMARTS) is 1. The van der Waals surface area contributed by atoms with Crippen LogP contribution in [-0.4, -0.2) is 28.5 Å². The van der Waals surface area contributed by atoms with Crippen molar-refractivity contribution in [1.29, 1.82) is 0 Å². The zero-order valence-electron chi connectivity index (χ0n) is 22.5. The second-order valence-electron chi connectivity index (χ2n) is 8.59. The number of hydrogen-bond acceptors (Lipinski definition) is 4. The number of carbonyl (C=O) groups is 2. The predicted octanol–water partition coefficient (Wildman–Crippen LogP) is 7.28. The fourth-order valence-corrected chi connectivity index (χ4v) is 4.60. The molecule has 190 valence electrons. The van der Waals surface area contributed by atoms with E-state index >= 15 is 0 Å². The highest BCUT2D eigenvalue weighted by Gasteiger charge is 2.19. The first-order valence-corrected chi connectivity index (χ1v) is 13.2. The van der Waals surface area contributed by atoms with Gasteiger partial charge in [-0.25, -0.2) is 0 Å². The Morgan fingerprint density at radius 1 is 0.865 bits per heavy atom. The molecule has 4 aromatic rings. The minimum Gasteiger partial charge on any atom is -0.493 e. The summed E-state index contributed by atoms with van der Waals surface area (Å²) in [5, 5.41) is 10.8. The van der Waals surface area contributed by atoms with E-state index in [4.69, 9.17) is 9.84 Å². The van der Waals surface area contributed by atoms with Crippen LogP contribution in [-0.2, 0) is 17.8 Å². The fraction of sp³-hybridized carbons (Fsp3) is 0.226. The molecule has 1 amide bonds. The van der Waals surface area contributed by atoms with Crippen LogP contribution in [0.1, 0.15) is 49.9 Å². The molecule has 0 aliphatic rings. The van der Waals surface area contributed by atoms with Crippen LogP contribution >= 0.6 is 11.3 Å². The maximum atomic E-state index is 13.9. The molecular formula is C31H31NO4S. The van der Waals surface area contributed by atoms with Crippen LogP contribution < -0.4 is 4.74 Å². The van der Waals surface area contributed by atoms with Crippen molar-refractivity contribution in [3.63, 3.8) is 0 Å². The first-order chi connectivity index (χ1) is 18.9. The first kappa shape index (κ1) is 23.5. The third-order valence-corrected chi connectivity index (χ3v) is 6.72. The number of aliphatic carboxylic acids is 1. The van der Waals surface area contributed by atoms with Crippen molar-refractivity contribution in [3.8, 4) is 16.2 Å². The van der Waals surface area contributed by atoms with E-state index in [1.807, 2.05) is 60.0 Å². The third kappa shape index (κ3) is 7.79. The quantitative estimate of drug-likeness (QED) is 0.190. The number of unbranched alkanes of at least 4 members (excludes halogenated alkanes) is 2. The third-order valence-electron chi connectivity index (χ3n) is 5.80. The highest BCUT2D eigenvalue weighted by molar-refractivity contribution is 7.13. The Balaban J connectivity index is 1.59. The van der Waals surface area contributed by atoms with Gasteiger partial charge in [0.1, 0.15) is 5.75 Å². The van der Waals surface area contributed by atoms with Gasteiger partial charge < -0.3 is 14.7 Å². The number of thiophene rings is 1. The summed E-state index contributed by atoms with van der Waals surface area (Å²) >= 11 is 1.62. The largest absolute Gasteiger partial charge is 0.493 e. The number of rotatable bonds is 13. The van der Waals surface area contributed by atoms with Crippen molar-refractivity contribution in [1.82, 2.24) is 4.90 Å². The van der Waals surface area contributed by atoms with Crippen LogP contribution in [0.5, 0.6) is 5.75 Å². The lowest BCUT2D eigenvalue weighted by Gasteiger charge is -2.24. The number of benzene rings is 3. The monoisotopic (exact) mass is 515 g/mol. The van der Waals surface area contributed by atoms with Gasteiger partial charge in [0.25, 0.3) is 5.91 Å². The summed E-state index contributed by atoms with van der Waals surface area (Å²) in [4.78, 5) is 26.9. The number of ether oxygens (including phenoxy) is 1. The van der Waals surface area contributed by atoms with Crippen molar-refractivity contribution in [2.45, 2.75) is 38.7 Å². The molecule has 37 heavy (non-hydrogen) atoms. The molecule has 1 aromatic heterocycles. The van der Waals surface area contributed by atoms with E-state index in [1.165, 1.54) is 4.90 Å². The van der Waals surface area contributed by atoms with E-state index in [-0.39, 0.29) is 18.5 Å². The van der Waals surface area contributed by atoms with Crippen LogP contribution in [0.4, 0.5) is 0 Å². The summed E-state index contributed by atoms with van der Waals surface area (Å²) in [6, 6.07) is 27.4. The van der Waals surface area contributed by atoms with Gasteiger partial charge in [0, 0.05) is 35.5 Å². The number of nitrogens with zero attached hydrogens (tertiary/aromatic N) is 1. The molecule has 0 bridgehead atoms. The Kier molecular flexibility index (Phi) is 8.52.